The predicted octanol–water partition coefficient (Wildman–Crippen LogP) is 3.49. The molecule has 25 heavy (non-hydrogen) atoms. The van der Waals surface area contributed by atoms with Crippen molar-refractivity contribution in [1.82, 2.24) is 10.3 Å². The summed E-state index contributed by atoms with van der Waals surface area (Å²) in [6, 6.07) is 5.90. The van der Waals surface area contributed by atoms with Crippen LogP contribution in [0.15, 0.2) is 36.0 Å². The molecule has 5 atom stereocenters. The van der Waals surface area contributed by atoms with Gasteiger partial charge in [-0.1, -0.05) is 38.0 Å². The van der Waals surface area contributed by atoms with Gasteiger partial charge >= 0.3 is 5.97 Å². The van der Waals surface area contributed by atoms with Crippen LogP contribution < -0.4 is 5.32 Å². The molecule has 2 heterocycles. The fourth-order valence-electron chi connectivity index (χ4n) is 5.14. The van der Waals surface area contributed by atoms with E-state index in [4.69, 9.17) is 4.74 Å². The molecule has 3 aliphatic rings. The lowest BCUT2D eigenvalue weighted by Crippen LogP contribution is -2.40. The molecule has 0 unspecified atom stereocenters. The third-order valence-corrected chi connectivity index (χ3v) is 6.48. The van der Waals surface area contributed by atoms with E-state index in [-0.39, 0.29) is 29.3 Å². The van der Waals surface area contributed by atoms with Gasteiger partial charge in [0.15, 0.2) is 0 Å². The van der Waals surface area contributed by atoms with Gasteiger partial charge in [-0.05, 0) is 42.7 Å². The Morgan fingerprint density at radius 3 is 3.08 bits per heavy atom. The molecule has 1 saturated heterocycles. The first-order chi connectivity index (χ1) is 12.1. The molecule has 1 aromatic rings. The number of aromatic nitrogens is 1. The van der Waals surface area contributed by atoms with Gasteiger partial charge in [0.05, 0.1) is 11.6 Å². The van der Waals surface area contributed by atoms with Gasteiger partial charge in [0.2, 0.25) is 0 Å². The smallest absolute Gasteiger partial charge is 0.311 e. The Labute approximate surface area is 150 Å². The molecule has 4 nitrogen and oxygen atoms in total. The van der Waals surface area contributed by atoms with E-state index in [9.17, 15) is 4.79 Å². The van der Waals surface area contributed by atoms with E-state index >= 15 is 0 Å². The maximum Gasteiger partial charge on any atom is 0.311 e. The summed E-state index contributed by atoms with van der Waals surface area (Å²) in [5.41, 5.74) is 2.81. The Kier molecular flexibility index (Phi) is 4.40. The number of hydrogen-bond acceptors (Lipinski definition) is 4. The standard InChI is InChI=1S/C21H28N2O2/c1-14-6-5-8-21(2)11-19-16(10-18(14)21)17(20(24)25-19)13-22-12-15-7-3-4-9-23-15/h3-4,7,9-10,14,16-17,19,22H,5-6,8,11-13H2,1-2H3/t14-,16+,17-,19+,21+/m0/s1. The summed E-state index contributed by atoms with van der Waals surface area (Å²) in [6.07, 6.45) is 9.06. The Morgan fingerprint density at radius 1 is 1.40 bits per heavy atom. The molecule has 0 radical (unpaired) electrons. The Balaban J connectivity index is 1.47. The molecule has 1 aliphatic heterocycles. The summed E-state index contributed by atoms with van der Waals surface area (Å²) in [7, 11) is 0. The number of nitrogens with one attached hydrogen (secondary N) is 1. The van der Waals surface area contributed by atoms with Gasteiger partial charge in [-0.2, -0.15) is 0 Å². The van der Waals surface area contributed by atoms with Crippen molar-refractivity contribution in [3.63, 3.8) is 0 Å². The molecule has 0 bridgehead atoms. The minimum atomic E-state index is -0.0695. The normalized spacial score (nSPS) is 37.0. The number of ether oxygens (including phenoxy) is 1. The molecular weight excluding hydrogens is 312 g/mol. The van der Waals surface area contributed by atoms with Crippen LogP contribution in [0.2, 0.25) is 0 Å². The van der Waals surface area contributed by atoms with Gasteiger partial charge in [-0.15, -0.1) is 0 Å². The molecule has 1 aromatic heterocycles. The van der Waals surface area contributed by atoms with Gasteiger partial charge in [0, 0.05) is 25.2 Å². The second-order valence-electron chi connectivity index (χ2n) is 8.29. The van der Waals surface area contributed by atoms with Crippen LogP contribution >= 0.6 is 0 Å². The maximum atomic E-state index is 12.5. The van der Waals surface area contributed by atoms with E-state index in [1.165, 1.54) is 19.3 Å². The van der Waals surface area contributed by atoms with Crippen LogP contribution in [-0.4, -0.2) is 23.6 Å². The first kappa shape index (κ1) is 16.8. The first-order valence-electron chi connectivity index (χ1n) is 9.60. The van der Waals surface area contributed by atoms with Crippen molar-refractivity contribution in [2.75, 3.05) is 6.54 Å². The zero-order valence-electron chi connectivity index (χ0n) is 15.2. The Hall–Kier alpha value is -1.68. The van der Waals surface area contributed by atoms with E-state index in [1.807, 2.05) is 18.2 Å². The third kappa shape index (κ3) is 3.12. The fourth-order valence-corrected chi connectivity index (χ4v) is 5.14. The lowest BCUT2D eigenvalue weighted by molar-refractivity contribution is -0.145. The second kappa shape index (κ2) is 6.56. The number of carbonyl (C=O) groups is 1. The lowest BCUT2D eigenvalue weighted by Gasteiger charge is -2.46. The summed E-state index contributed by atoms with van der Waals surface area (Å²) in [6.45, 7) is 6.05. The van der Waals surface area contributed by atoms with E-state index in [2.05, 4.69) is 30.2 Å². The highest BCUT2D eigenvalue weighted by Gasteiger charge is 2.51. The highest BCUT2D eigenvalue weighted by Crippen LogP contribution is 2.53. The topological polar surface area (TPSA) is 51.2 Å². The average Bonchev–Trinajstić information content (AvgIpc) is 2.88. The van der Waals surface area contributed by atoms with E-state index < -0.39 is 0 Å². The highest BCUT2D eigenvalue weighted by molar-refractivity contribution is 5.76. The molecule has 134 valence electrons. The van der Waals surface area contributed by atoms with Gasteiger partial charge in [-0.25, -0.2) is 0 Å². The van der Waals surface area contributed by atoms with Crippen molar-refractivity contribution in [2.45, 2.75) is 52.2 Å². The van der Waals surface area contributed by atoms with Crippen LogP contribution in [0.4, 0.5) is 0 Å². The Bertz CT molecular complexity index is 672. The Morgan fingerprint density at radius 2 is 2.28 bits per heavy atom. The number of fused-ring (bicyclic) bond motifs is 2. The predicted molar refractivity (Wildman–Crippen MR) is 96.6 cm³/mol. The van der Waals surface area contributed by atoms with Crippen molar-refractivity contribution < 1.29 is 9.53 Å². The summed E-state index contributed by atoms with van der Waals surface area (Å²) >= 11 is 0. The van der Waals surface area contributed by atoms with Gasteiger partial charge < -0.3 is 10.1 Å². The number of allylic oxidation sites excluding steroid dienone is 1. The van der Waals surface area contributed by atoms with Gasteiger partial charge in [0.1, 0.15) is 6.10 Å². The number of nitrogens with zero attached hydrogens (tertiary/aromatic N) is 1. The summed E-state index contributed by atoms with van der Waals surface area (Å²) < 4.78 is 5.79. The van der Waals surface area contributed by atoms with Gasteiger partial charge in [-0.3, -0.25) is 9.78 Å². The zero-order chi connectivity index (χ0) is 17.4. The number of rotatable bonds is 4. The molecule has 4 heteroatoms. The monoisotopic (exact) mass is 340 g/mol. The molecule has 2 aliphatic carbocycles. The first-order valence-corrected chi connectivity index (χ1v) is 9.60. The molecule has 1 N–H and O–H groups in total. The second-order valence-corrected chi connectivity index (χ2v) is 8.29. The fraction of sp³-hybridized carbons (Fsp3) is 0.619. The highest BCUT2D eigenvalue weighted by atomic mass is 16.6. The van der Waals surface area contributed by atoms with Gasteiger partial charge in [0.25, 0.3) is 0 Å². The van der Waals surface area contributed by atoms with E-state index in [1.54, 1.807) is 11.8 Å². The molecule has 0 aromatic carbocycles. The number of pyridine rings is 1. The van der Waals surface area contributed by atoms with Crippen LogP contribution in [0.5, 0.6) is 0 Å². The van der Waals surface area contributed by atoms with Crippen molar-refractivity contribution >= 4 is 5.97 Å². The average molecular weight is 340 g/mol. The molecule has 2 fully saturated rings. The SMILES string of the molecule is C[C@H]1CCC[C@]2(C)C[C@H]3OC(=O)[C@@H](CNCc4ccccn4)[C@H]3C=C12. The van der Waals surface area contributed by atoms with Crippen LogP contribution in [0, 0.1) is 23.2 Å². The third-order valence-electron chi connectivity index (χ3n) is 6.48. The maximum absolute atomic E-state index is 12.5. The largest absolute Gasteiger partial charge is 0.461 e. The van der Waals surface area contributed by atoms with Crippen LogP contribution in [0.3, 0.4) is 0 Å². The van der Waals surface area contributed by atoms with E-state index in [0.29, 0.717) is 19.0 Å². The molecule has 1 saturated carbocycles. The summed E-state index contributed by atoms with van der Waals surface area (Å²) in [5, 5.41) is 3.41. The van der Waals surface area contributed by atoms with Crippen LogP contribution in [-0.2, 0) is 16.1 Å². The van der Waals surface area contributed by atoms with Crippen molar-refractivity contribution in [3.05, 3.63) is 41.7 Å². The molecular formula is C21H28N2O2. The minimum Gasteiger partial charge on any atom is -0.461 e. The lowest BCUT2D eigenvalue weighted by atomic mass is 9.59. The van der Waals surface area contributed by atoms with Crippen LogP contribution in [0.1, 0.15) is 45.2 Å². The van der Waals surface area contributed by atoms with Crippen molar-refractivity contribution in [3.8, 4) is 0 Å². The quantitative estimate of drug-likeness (QED) is 0.673. The summed E-state index contributed by atoms with van der Waals surface area (Å²) in [5.74, 6) is 0.764. The molecule has 4 rings (SSSR count). The zero-order valence-corrected chi connectivity index (χ0v) is 15.2. The molecule has 0 spiro atoms. The number of carbonyl (C=O) groups excluding carboxylic acids is 1. The molecule has 0 amide bonds. The summed E-state index contributed by atoms with van der Waals surface area (Å²) in [4.78, 5) is 16.8. The van der Waals surface area contributed by atoms with Crippen LogP contribution in [0.25, 0.3) is 0 Å². The van der Waals surface area contributed by atoms with Crippen molar-refractivity contribution in [2.24, 2.45) is 23.2 Å². The minimum absolute atomic E-state index is 0.0322. The number of esters is 1. The van der Waals surface area contributed by atoms with E-state index in [0.717, 1.165) is 12.1 Å². The van der Waals surface area contributed by atoms with Crippen molar-refractivity contribution in [1.29, 1.82) is 0 Å². The number of hydrogen-bond donors (Lipinski definition) is 1.